The van der Waals surface area contributed by atoms with Crippen molar-refractivity contribution in [2.45, 2.75) is 113 Å². The molecule has 2 aromatic rings. The predicted molar refractivity (Wildman–Crippen MR) is 190 cm³/mol. The summed E-state index contributed by atoms with van der Waals surface area (Å²) >= 11 is 1.66. The van der Waals surface area contributed by atoms with Crippen molar-refractivity contribution in [1.82, 2.24) is 0 Å². The van der Waals surface area contributed by atoms with Crippen LogP contribution in [0.4, 0.5) is 0 Å². The second-order valence-electron chi connectivity index (χ2n) is 15.0. The summed E-state index contributed by atoms with van der Waals surface area (Å²) in [5, 5.41) is 4.96. The molecule has 12 atom stereocenters. The molecule has 1 heterocycles. The van der Waals surface area contributed by atoms with Crippen LogP contribution < -0.4 is 0 Å². The van der Waals surface area contributed by atoms with Gasteiger partial charge < -0.3 is 14.9 Å². The Morgan fingerprint density at radius 2 is 1.43 bits per heavy atom. The number of halogens is 2. The van der Waals surface area contributed by atoms with Crippen molar-refractivity contribution in [3.05, 3.63) is 62.9 Å². The van der Waals surface area contributed by atoms with Crippen LogP contribution in [0.5, 0.6) is 0 Å². The van der Waals surface area contributed by atoms with E-state index in [0.29, 0.717) is 0 Å². The Kier molecular flexibility index (Phi) is 12.4. The van der Waals surface area contributed by atoms with E-state index in [9.17, 15) is 0 Å². The van der Waals surface area contributed by atoms with Gasteiger partial charge in [0.05, 0.1) is 8.07 Å². The summed E-state index contributed by atoms with van der Waals surface area (Å²) in [6, 6.07) is 16.4. The van der Waals surface area contributed by atoms with Gasteiger partial charge in [0.15, 0.2) is 0 Å². The summed E-state index contributed by atoms with van der Waals surface area (Å²) in [5.41, 5.74) is 3.76. The zero-order chi connectivity index (χ0) is 28.2. The Balaban J connectivity index is 0.000000779. The molecular weight excluding hydrogens is 667 g/mol. The average molecular weight is 723 g/mol. The van der Waals surface area contributed by atoms with Gasteiger partial charge in [0.2, 0.25) is 0 Å². The van der Waals surface area contributed by atoms with Crippen molar-refractivity contribution in [1.29, 1.82) is 0 Å². The normalized spacial score (nSPS) is 40.4. The summed E-state index contributed by atoms with van der Waals surface area (Å²) in [6.45, 7) is 13.9. The van der Waals surface area contributed by atoms with Crippen LogP contribution in [0, 0.1) is 56.3 Å². The Bertz CT molecular complexity index is 1170. The van der Waals surface area contributed by atoms with Crippen molar-refractivity contribution in [2.24, 2.45) is 41.4 Å². The van der Waals surface area contributed by atoms with E-state index in [1.165, 1.54) is 55.7 Å². The molecule has 0 amide bonds. The molecule has 5 heteroatoms. The van der Waals surface area contributed by atoms with Gasteiger partial charge in [0.25, 0.3) is 0 Å². The van der Waals surface area contributed by atoms with Crippen molar-refractivity contribution >= 4 is 47.6 Å². The summed E-state index contributed by atoms with van der Waals surface area (Å²) < 4.78 is 0. The second-order valence-corrected chi connectivity index (χ2v) is 25.1. The fraction of sp³-hybridized carbons (Fsp3) is 0.676. The molecule has 232 valence electrons. The molecule has 0 bridgehead atoms. The number of fused-ring (bicyclic) bond motifs is 5. The third-order valence-electron chi connectivity index (χ3n) is 13.1. The summed E-state index contributed by atoms with van der Waals surface area (Å²) in [5.74, 6) is 7.56. The van der Waals surface area contributed by atoms with Gasteiger partial charge in [-0.2, -0.15) is 11.8 Å². The van der Waals surface area contributed by atoms with Crippen LogP contribution in [0.2, 0.25) is 24.2 Å². The van der Waals surface area contributed by atoms with Gasteiger partial charge in [-0.05, 0) is 100 Å². The molecule has 0 N–H and O–H groups in total. The van der Waals surface area contributed by atoms with Crippen LogP contribution in [0.15, 0.2) is 42.5 Å². The van der Waals surface area contributed by atoms with Gasteiger partial charge >= 0.3 is 37.9 Å². The summed E-state index contributed by atoms with van der Waals surface area (Å²) in [6.07, 6.45) is 12.0. The van der Waals surface area contributed by atoms with Gasteiger partial charge in [-0.15, -0.1) is 0 Å². The maximum absolute atomic E-state index is 4.93. The average Bonchev–Trinajstić information content (AvgIpc) is 3.57. The van der Waals surface area contributed by atoms with Gasteiger partial charge in [0.1, 0.15) is 0 Å². The third-order valence-corrected chi connectivity index (χ3v) is 20.4. The standard InChI is InChI=1S/C35H50SSi.2CH3.2ClH.Zr/c1-21-20-30-27(26-16-10-13-24-12-6-7-14-25(24)26)17-11-18-28(30)34(21)37(4,5)35-23(3)22(2)33-32(35)29-15-8-9-19-31(29)36-33;;;;;/h6-7,10,12-14,16,21-23,27-35H,8-9,11,15,17-20H2,1-5H3;2*1H3;2*1H;/q;2*-1;;;+4/p-2. The Morgan fingerprint density at radius 3 is 2.19 bits per heavy atom. The zero-order valence-corrected chi connectivity index (χ0v) is 33.1. The first-order valence-electron chi connectivity index (χ1n) is 16.4. The monoisotopic (exact) mass is 720 g/mol. The molecule has 1 aliphatic heterocycles. The van der Waals surface area contributed by atoms with Crippen LogP contribution >= 0.6 is 28.8 Å². The van der Waals surface area contributed by atoms with Gasteiger partial charge in [-0.1, -0.05) is 102 Å². The minimum atomic E-state index is -1.47. The van der Waals surface area contributed by atoms with E-state index in [1.54, 1.807) is 12.0 Å². The molecule has 4 aliphatic carbocycles. The van der Waals surface area contributed by atoms with Crippen molar-refractivity contribution < 1.29 is 20.8 Å². The number of benzene rings is 2. The predicted octanol–water partition coefficient (Wildman–Crippen LogP) is 12.7. The Hall–Kier alpha value is 0.730. The first kappa shape index (κ1) is 35.6. The van der Waals surface area contributed by atoms with Crippen molar-refractivity contribution in [3.63, 3.8) is 0 Å². The molecule has 42 heavy (non-hydrogen) atoms. The van der Waals surface area contributed by atoms with Crippen molar-refractivity contribution in [2.75, 3.05) is 0 Å². The molecule has 2 aromatic carbocycles. The Labute approximate surface area is 283 Å². The van der Waals surface area contributed by atoms with Crippen LogP contribution in [0.1, 0.15) is 83.6 Å². The summed E-state index contributed by atoms with van der Waals surface area (Å²) in [7, 11) is 8.39. The number of hydrogen-bond acceptors (Lipinski definition) is 1. The topological polar surface area (TPSA) is 0 Å². The minimum absolute atomic E-state index is 0. The fourth-order valence-corrected chi connectivity index (χ4v) is 21.0. The molecule has 0 radical (unpaired) electrons. The molecule has 0 aromatic heterocycles. The van der Waals surface area contributed by atoms with E-state index >= 15 is 0 Å². The van der Waals surface area contributed by atoms with Crippen molar-refractivity contribution in [3.8, 4) is 0 Å². The molecule has 5 fully saturated rings. The fourth-order valence-electron chi connectivity index (χ4n) is 11.9. The second kappa shape index (κ2) is 14.7. The van der Waals surface area contributed by atoms with E-state index < -0.39 is 28.9 Å². The number of rotatable bonds is 3. The van der Waals surface area contributed by atoms with Gasteiger partial charge in [-0.25, -0.2) is 0 Å². The quantitative estimate of drug-likeness (QED) is 0.225. The molecule has 12 unspecified atom stereocenters. The van der Waals surface area contributed by atoms with Gasteiger partial charge in [0, 0.05) is 10.5 Å². The molecule has 7 rings (SSSR count). The van der Waals surface area contributed by atoms with E-state index in [4.69, 9.17) is 17.0 Å². The molecule has 5 aliphatic rings. The van der Waals surface area contributed by atoms with Crippen LogP contribution in [0.25, 0.3) is 10.8 Å². The van der Waals surface area contributed by atoms with E-state index in [-0.39, 0.29) is 14.9 Å². The van der Waals surface area contributed by atoms with E-state index in [0.717, 1.165) is 68.9 Å². The molecular formula is C37H56Cl2SSiZr. The van der Waals surface area contributed by atoms with Crippen LogP contribution in [0.3, 0.4) is 0 Å². The summed E-state index contributed by atoms with van der Waals surface area (Å²) in [4.78, 5) is 0. The first-order chi connectivity index (χ1) is 19.3. The van der Waals surface area contributed by atoms with Gasteiger partial charge in [-0.3, -0.25) is 0 Å². The molecule has 0 nitrogen and oxygen atoms in total. The third kappa shape index (κ3) is 6.09. The number of thioether (sulfide) groups is 1. The first-order valence-corrected chi connectivity index (χ1v) is 26.8. The van der Waals surface area contributed by atoms with E-state index in [1.807, 2.05) is 0 Å². The SMILES string of the molecule is CC1CC2C(c3cccc4ccccc34)CCCC2C1[Si](C)(C)C1C(C)C(C)C2SC3CCCCC3C21.[CH3-].[CH3-].[Cl][Zr+2][Cl]. The number of hydrogen-bond donors (Lipinski definition) is 0. The molecule has 4 saturated carbocycles. The zero-order valence-electron chi connectivity index (χ0n) is 27.3. The molecule has 0 spiro atoms. The van der Waals surface area contributed by atoms with Crippen LogP contribution in [-0.4, -0.2) is 18.6 Å². The maximum atomic E-state index is 4.93. The Morgan fingerprint density at radius 1 is 0.762 bits per heavy atom. The molecule has 1 saturated heterocycles. The van der Waals surface area contributed by atoms with E-state index in [2.05, 4.69) is 88.1 Å². The van der Waals surface area contributed by atoms with Crippen LogP contribution in [-0.2, 0) is 20.8 Å².